The highest BCUT2D eigenvalue weighted by molar-refractivity contribution is 4.71. The molecule has 3 heteroatoms. The third-order valence-corrected chi connectivity index (χ3v) is 2.42. The highest BCUT2D eigenvalue weighted by atomic mass is 16.5. The fourth-order valence-corrected chi connectivity index (χ4v) is 1.51. The summed E-state index contributed by atoms with van der Waals surface area (Å²) in [6.07, 6.45) is 2.97. The molecule has 12 heavy (non-hydrogen) atoms. The maximum atomic E-state index is 5.74. The Bertz CT molecular complexity index is 122. The Morgan fingerprint density at radius 1 is 1.50 bits per heavy atom. The molecule has 0 amide bonds. The molecule has 2 N–H and O–H groups in total. The van der Waals surface area contributed by atoms with Gasteiger partial charge in [0.15, 0.2) is 0 Å². The molecule has 1 rings (SSSR count). The van der Waals surface area contributed by atoms with E-state index >= 15 is 0 Å². The predicted octanol–water partition coefficient (Wildman–Crippen LogP) is 0.444. The van der Waals surface area contributed by atoms with Crippen LogP contribution in [-0.2, 0) is 4.74 Å². The van der Waals surface area contributed by atoms with Crippen molar-refractivity contribution in [3.63, 3.8) is 0 Å². The van der Waals surface area contributed by atoms with Crippen LogP contribution in [0.15, 0.2) is 0 Å². The Kier molecular flexibility index (Phi) is 3.98. The number of piperidine rings is 1. The van der Waals surface area contributed by atoms with Gasteiger partial charge >= 0.3 is 0 Å². The molecular formula is C9H20N2O. The molecule has 3 nitrogen and oxygen atoms in total. The molecule has 0 aliphatic carbocycles. The van der Waals surface area contributed by atoms with Gasteiger partial charge in [0.1, 0.15) is 0 Å². The molecule has 1 unspecified atom stereocenters. The predicted molar refractivity (Wildman–Crippen MR) is 50.1 cm³/mol. The van der Waals surface area contributed by atoms with Gasteiger partial charge in [0, 0.05) is 19.6 Å². The second-order valence-electron chi connectivity index (χ2n) is 3.69. The van der Waals surface area contributed by atoms with Crippen molar-refractivity contribution in [1.29, 1.82) is 0 Å². The van der Waals surface area contributed by atoms with Crippen molar-refractivity contribution in [2.24, 2.45) is 5.73 Å². The largest absolute Gasteiger partial charge is 0.374 e. The molecule has 1 aliphatic rings. The fraction of sp³-hybridized carbons (Fsp3) is 1.00. The van der Waals surface area contributed by atoms with E-state index in [9.17, 15) is 0 Å². The first-order valence-electron chi connectivity index (χ1n) is 4.76. The van der Waals surface area contributed by atoms with E-state index in [1.807, 2.05) is 6.92 Å². The number of nitrogens with zero attached hydrogens (tertiary/aromatic N) is 1. The van der Waals surface area contributed by atoms with Gasteiger partial charge in [0.05, 0.1) is 12.2 Å². The minimum Gasteiger partial charge on any atom is -0.374 e. The topological polar surface area (TPSA) is 38.5 Å². The van der Waals surface area contributed by atoms with Gasteiger partial charge in [-0.1, -0.05) is 0 Å². The monoisotopic (exact) mass is 172 g/mol. The maximum absolute atomic E-state index is 5.74. The van der Waals surface area contributed by atoms with E-state index in [4.69, 9.17) is 10.5 Å². The second kappa shape index (κ2) is 4.80. The summed E-state index contributed by atoms with van der Waals surface area (Å²) in [5.41, 5.74) is 5.48. The lowest BCUT2D eigenvalue weighted by atomic mass is 10.1. The lowest BCUT2D eigenvalue weighted by Gasteiger charge is -2.30. The second-order valence-corrected chi connectivity index (χ2v) is 3.69. The molecule has 0 saturated carbocycles. The smallest absolute Gasteiger partial charge is 0.0672 e. The van der Waals surface area contributed by atoms with Gasteiger partial charge in [0.25, 0.3) is 0 Å². The Labute approximate surface area is 74.9 Å². The van der Waals surface area contributed by atoms with Gasteiger partial charge in [0.2, 0.25) is 0 Å². The van der Waals surface area contributed by atoms with E-state index in [0.717, 1.165) is 25.9 Å². The summed E-state index contributed by atoms with van der Waals surface area (Å²) in [6.45, 7) is 4.98. The van der Waals surface area contributed by atoms with Gasteiger partial charge < -0.3 is 15.4 Å². The quantitative estimate of drug-likeness (QED) is 0.671. The van der Waals surface area contributed by atoms with Gasteiger partial charge in [-0.15, -0.1) is 0 Å². The maximum Gasteiger partial charge on any atom is 0.0672 e. The number of nitrogens with two attached hydrogens (primary N) is 1. The SMILES string of the molecule is CC(CN)OC1CCN(C)CC1. The first-order valence-corrected chi connectivity index (χ1v) is 4.76. The molecule has 0 aromatic carbocycles. The average molecular weight is 172 g/mol. The van der Waals surface area contributed by atoms with Crippen molar-refractivity contribution in [1.82, 2.24) is 4.90 Å². The average Bonchev–Trinajstić information content (AvgIpc) is 2.09. The molecule has 1 aliphatic heterocycles. The summed E-state index contributed by atoms with van der Waals surface area (Å²) in [5, 5.41) is 0. The molecule has 0 bridgehead atoms. The molecule has 1 atom stereocenters. The van der Waals surface area contributed by atoms with E-state index in [1.165, 1.54) is 0 Å². The minimum absolute atomic E-state index is 0.221. The lowest BCUT2D eigenvalue weighted by molar-refractivity contribution is -0.0272. The van der Waals surface area contributed by atoms with Crippen molar-refractivity contribution < 1.29 is 4.74 Å². The molecule has 0 radical (unpaired) electrons. The first kappa shape index (κ1) is 9.96. The van der Waals surface area contributed by atoms with Crippen molar-refractivity contribution in [2.45, 2.75) is 32.0 Å². The van der Waals surface area contributed by atoms with Gasteiger partial charge in [-0.2, -0.15) is 0 Å². The molecule has 0 spiro atoms. The number of rotatable bonds is 3. The fourth-order valence-electron chi connectivity index (χ4n) is 1.51. The van der Waals surface area contributed by atoms with Gasteiger partial charge in [-0.25, -0.2) is 0 Å². The van der Waals surface area contributed by atoms with E-state index in [2.05, 4.69) is 11.9 Å². The molecule has 72 valence electrons. The van der Waals surface area contributed by atoms with Crippen LogP contribution >= 0.6 is 0 Å². The van der Waals surface area contributed by atoms with Crippen LogP contribution in [0.4, 0.5) is 0 Å². The molecule has 0 aromatic rings. The molecular weight excluding hydrogens is 152 g/mol. The minimum atomic E-state index is 0.221. The van der Waals surface area contributed by atoms with E-state index in [-0.39, 0.29) is 6.10 Å². The van der Waals surface area contributed by atoms with Crippen LogP contribution in [0.5, 0.6) is 0 Å². The molecule has 1 fully saturated rings. The molecule has 1 saturated heterocycles. The van der Waals surface area contributed by atoms with Crippen LogP contribution in [0.1, 0.15) is 19.8 Å². The van der Waals surface area contributed by atoms with Gasteiger partial charge in [-0.05, 0) is 26.8 Å². The normalized spacial score (nSPS) is 24.2. The van der Waals surface area contributed by atoms with E-state index < -0.39 is 0 Å². The van der Waals surface area contributed by atoms with Crippen LogP contribution in [-0.4, -0.2) is 43.8 Å². The number of hydrogen-bond donors (Lipinski definition) is 1. The van der Waals surface area contributed by atoms with Crippen LogP contribution < -0.4 is 5.73 Å². The van der Waals surface area contributed by atoms with Crippen molar-refractivity contribution >= 4 is 0 Å². The summed E-state index contributed by atoms with van der Waals surface area (Å²) >= 11 is 0. The van der Waals surface area contributed by atoms with Crippen LogP contribution in [0.25, 0.3) is 0 Å². The zero-order valence-electron chi connectivity index (χ0n) is 8.12. The number of hydrogen-bond acceptors (Lipinski definition) is 3. The van der Waals surface area contributed by atoms with Crippen LogP contribution in [0.2, 0.25) is 0 Å². The first-order chi connectivity index (χ1) is 5.72. The Hall–Kier alpha value is -0.120. The van der Waals surface area contributed by atoms with Crippen molar-refractivity contribution in [3.05, 3.63) is 0 Å². The summed E-state index contributed by atoms with van der Waals surface area (Å²) in [4.78, 5) is 2.34. The number of likely N-dealkylation sites (tertiary alicyclic amines) is 1. The molecule has 0 aromatic heterocycles. The van der Waals surface area contributed by atoms with E-state index in [0.29, 0.717) is 12.6 Å². The Morgan fingerprint density at radius 3 is 2.58 bits per heavy atom. The highest BCUT2D eigenvalue weighted by Gasteiger charge is 2.18. The zero-order valence-corrected chi connectivity index (χ0v) is 8.12. The summed E-state index contributed by atoms with van der Waals surface area (Å²) in [6, 6.07) is 0. The third-order valence-electron chi connectivity index (χ3n) is 2.42. The standard InChI is InChI=1S/C9H20N2O/c1-8(7-10)12-9-3-5-11(2)6-4-9/h8-9H,3-7,10H2,1-2H3. The summed E-state index contributed by atoms with van der Waals surface area (Å²) in [7, 11) is 2.16. The van der Waals surface area contributed by atoms with Crippen molar-refractivity contribution in [3.8, 4) is 0 Å². The van der Waals surface area contributed by atoms with Crippen molar-refractivity contribution in [2.75, 3.05) is 26.7 Å². The third kappa shape index (κ3) is 3.09. The molecule has 1 heterocycles. The number of ether oxygens (including phenoxy) is 1. The highest BCUT2D eigenvalue weighted by Crippen LogP contribution is 2.13. The summed E-state index contributed by atoms with van der Waals surface area (Å²) < 4.78 is 5.74. The van der Waals surface area contributed by atoms with Crippen LogP contribution in [0.3, 0.4) is 0 Å². The Morgan fingerprint density at radius 2 is 2.08 bits per heavy atom. The zero-order chi connectivity index (χ0) is 8.97. The summed E-state index contributed by atoms with van der Waals surface area (Å²) in [5.74, 6) is 0. The van der Waals surface area contributed by atoms with E-state index in [1.54, 1.807) is 0 Å². The van der Waals surface area contributed by atoms with Gasteiger partial charge in [-0.3, -0.25) is 0 Å². The Balaban J connectivity index is 2.17. The van der Waals surface area contributed by atoms with Crippen LogP contribution in [0, 0.1) is 0 Å². The lowest BCUT2D eigenvalue weighted by Crippen LogP contribution is -2.37.